The Balaban J connectivity index is 1.20. The minimum Gasteiger partial charge on any atom is -0.456 e. The molecule has 49 heavy (non-hydrogen) atoms. The fourth-order valence-corrected chi connectivity index (χ4v) is 7.38. The number of allylic oxidation sites excluding steroid dienone is 1. The minimum absolute atomic E-state index is 0.649. The molecule has 230 valence electrons. The zero-order valence-corrected chi connectivity index (χ0v) is 26.6. The molecule has 4 nitrogen and oxygen atoms in total. The maximum atomic E-state index is 6.26. The monoisotopic (exact) mass is 627 g/mol. The Kier molecular flexibility index (Phi) is 6.28. The Morgan fingerprint density at radius 3 is 2.02 bits per heavy atom. The quantitative estimate of drug-likeness (QED) is 0.195. The van der Waals surface area contributed by atoms with Crippen LogP contribution in [0.1, 0.15) is 17.5 Å². The number of aromatic nitrogens is 3. The topological polar surface area (TPSA) is 51.8 Å². The molecule has 7 aromatic carbocycles. The van der Waals surface area contributed by atoms with E-state index >= 15 is 0 Å². The lowest BCUT2D eigenvalue weighted by Gasteiger charge is -2.15. The zero-order valence-electron chi connectivity index (χ0n) is 26.6. The first-order valence-corrected chi connectivity index (χ1v) is 16.7. The van der Waals surface area contributed by atoms with Gasteiger partial charge in [0.05, 0.1) is 0 Å². The van der Waals surface area contributed by atoms with Crippen molar-refractivity contribution in [3.05, 3.63) is 157 Å². The summed E-state index contributed by atoms with van der Waals surface area (Å²) in [5.74, 6) is 1.97. The summed E-state index contributed by atoms with van der Waals surface area (Å²) in [5.41, 5.74) is 9.55. The number of aryl methyl sites for hydroxylation is 1. The largest absolute Gasteiger partial charge is 0.456 e. The van der Waals surface area contributed by atoms with E-state index in [-0.39, 0.29) is 0 Å². The van der Waals surface area contributed by atoms with Crippen molar-refractivity contribution in [3.63, 3.8) is 0 Å². The Hall–Kier alpha value is -6.39. The van der Waals surface area contributed by atoms with Gasteiger partial charge in [0.15, 0.2) is 17.5 Å². The van der Waals surface area contributed by atoms with Gasteiger partial charge in [-0.05, 0) is 87.0 Å². The molecular weight excluding hydrogens is 599 g/mol. The molecule has 0 unspecified atom stereocenters. The third-order valence-electron chi connectivity index (χ3n) is 9.78. The summed E-state index contributed by atoms with van der Waals surface area (Å²) in [6.07, 6.45) is 6.58. The molecule has 10 rings (SSSR count). The van der Waals surface area contributed by atoms with E-state index in [0.717, 1.165) is 78.8 Å². The van der Waals surface area contributed by atoms with Crippen molar-refractivity contribution in [1.82, 2.24) is 15.0 Å². The van der Waals surface area contributed by atoms with Gasteiger partial charge in [0.1, 0.15) is 11.2 Å². The highest BCUT2D eigenvalue weighted by atomic mass is 16.3. The summed E-state index contributed by atoms with van der Waals surface area (Å²) in [6.45, 7) is 0. The van der Waals surface area contributed by atoms with Gasteiger partial charge < -0.3 is 4.42 Å². The van der Waals surface area contributed by atoms with E-state index in [4.69, 9.17) is 19.4 Å². The average Bonchev–Trinajstić information content (AvgIpc) is 3.56. The molecular formula is C45H29N3O. The second kappa shape index (κ2) is 11.1. The predicted molar refractivity (Wildman–Crippen MR) is 201 cm³/mol. The van der Waals surface area contributed by atoms with Crippen LogP contribution in [0.2, 0.25) is 0 Å². The number of hydrogen-bond donors (Lipinski definition) is 0. The maximum Gasteiger partial charge on any atom is 0.164 e. The van der Waals surface area contributed by atoms with Crippen molar-refractivity contribution >= 4 is 49.6 Å². The van der Waals surface area contributed by atoms with E-state index in [1.165, 1.54) is 16.5 Å². The number of benzene rings is 7. The number of rotatable bonds is 4. The maximum absolute atomic E-state index is 6.26. The molecule has 0 spiro atoms. The normalized spacial score (nSPS) is 12.7. The molecule has 0 saturated carbocycles. The van der Waals surface area contributed by atoms with Gasteiger partial charge in [-0.15, -0.1) is 0 Å². The molecule has 0 bridgehead atoms. The highest BCUT2D eigenvalue weighted by Gasteiger charge is 2.19. The highest BCUT2D eigenvalue weighted by Crippen LogP contribution is 2.41. The van der Waals surface area contributed by atoms with E-state index in [1.54, 1.807) is 0 Å². The highest BCUT2D eigenvalue weighted by molar-refractivity contribution is 6.16. The number of nitrogens with zero attached hydrogens (tertiary/aromatic N) is 3. The van der Waals surface area contributed by atoms with E-state index in [9.17, 15) is 0 Å². The fourth-order valence-electron chi connectivity index (χ4n) is 7.38. The first kappa shape index (κ1) is 27.7. The lowest BCUT2D eigenvalue weighted by atomic mass is 9.92. The molecule has 0 atom stereocenters. The van der Waals surface area contributed by atoms with Gasteiger partial charge in [-0.1, -0.05) is 121 Å². The first-order chi connectivity index (χ1) is 24.3. The van der Waals surface area contributed by atoms with E-state index < -0.39 is 0 Å². The number of fused-ring (bicyclic) bond motifs is 6. The third kappa shape index (κ3) is 4.64. The molecule has 0 aliphatic heterocycles. The molecule has 0 N–H and O–H groups in total. The van der Waals surface area contributed by atoms with Crippen molar-refractivity contribution < 1.29 is 4.42 Å². The molecule has 0 amide bonds. The fraction of sp³-hybridized carbons (Fsp3) is 0.0444. The van der Waals surface area contributed by atoms with Crippen LogP contribution in [-0.2, 0) is 6.42 Å². The standard InChI is InChI=1S/C45H29N3O/c1-3-12-30-26-32(22-20-28(30)10-1)43-46-44(33-23-21-29-11-2-4-13-31(29)27-33)48-45(47-43)38-25-24-36(34-14-5-6-15-35(34)38)37-17-9-19-41-42(37)39-16-7-8-18-40(39)49-41/h1,3-10,12-27H,2,11H2. The van der Waals surface area contributed by atoms with Crippen LogP contribution in [0.3, 0.4) is 0 Å². The summed E-state index contributed by atoms with van der Waals surface area (Å²) in [4.78, 5) is 15.5. The van der Waals surface area contributed by atoms with Crippen molar-refractivity contribution in [1.29, 1.82) is 0 Å². The Morgan fingerprint density at radius 2 is 1.14 bits per heavy atom. The van der Waals surface area contributed by atoms with Gasteiger partial charge in [0.2, 0.25) is 0 Å². The molecule has 0 radical (unpaired) electrons. The Bertz CT molecular complexity index is 2790. The summed E-state index contributed by atoms with van der Waals surface area (Å²) < 4.78 is 6.26. The molecule has 9 aromatic rings. The minimum atomic E-state index is 0.649. The number of para-hydroxylation sites is 1. The van der Waals surface area contributed by atoms with Crippen LogP contribution in [0.25, 0.3) is 94.8 Å². The van der Waals surface area contributed by atoms with E-state index in [2.05, 4.69) is 133 Å². The molecule has 0 fully saturated rings. The van der Waals surface area contributed by atoms with Crippen LogP contribution < -0.4 is 0 Å². The number of hydrogen-bond acceptors (Lipinski definition) is 4. The van der Waals surface area contributed by atoms with Crippen LogP contribution in [0.15, 0.2) is 150 Å². The lowest BCUT2D eigenvalue weighted by molar-refractivity contribution is 0.669. The van der Waals surface area contributed by atoms with Crippen LogP contribution in [-0.4, -0.2) is 15.0 Å². The zero-order chi connectivity index (χ0) is 32.3. The summed E-state index contributed by atoms with van der Waals surface area (Å²) in [5, 5.41) is 6.79. The average molecular weight is 628 g/mol. The Labute approximate surface area is 283 Å². The van der Waals surface area contributed by atoms with Crippen LogP contribution in [0.4, 0.5) is 0 Å². The SMILES string of the molecule is C1=Cc2cc(-c3nc(-c4ccc5ccccc5c4)nc(-c4ccc(-c5cccc6oc7ccccc7c56)c5ccccc45)n3)ccc2CC1. The van der Waals surface area contributed by atoms with Crippen LogP contribution in [0.5, 0.6) is 0 Å². The molecule has 2 aromatic heterocycles. The summed E-state index contributed by atoms with van der Waals surface area (Å²) in [7, 11) is 0. The molecule has 1 aliphatic rings. The third-order valence-corrected chi connectivity index (χ3v) is 9.78. The van der Waals surface area contributed by atoms with Crippen molar-refractivity contribution in [2.75, 3.05) is 0 Å². The molecule has 1 aliphatic carbocycles. The summed E-state index contributed by atoms with van der Waals surface area (Å²) >= 11 is 0. The summed E-state index contributed by atoms with van der Waals surface area (Å²) in [6, 6.07) is 48.9. The van der Waals surface area contributed by atoms with Crippen molar-refractivity contribution in [3.8, 4) is 45.3 Å². The molecule has 2 heterocycles. The van der Waals surface area contributed by atoms with Crippen molar-refractivity contribution in [2.45, 2.75) is 12.8 Å². The lowest BCUT2D eigenvalue weighted by Crippen LogP contribution is -2.02. The van der Waals surface area contributed by atoms with Gasteiger partial charge in [-0.2, -0.15) is 0 Å². The Morgan fingerprint density at radius 1 is 0.469 bits per heavy atom. The van der Waals surface area contributed by atoms with Crippen molar-refractivity contribution in [2.24, 2.45) is 0 Å². The van der Waals surface area contributed by atoms with E-state index in [1.807, 2.05) is 18.2 Å². The van der Waals surface area contributed by atoms with Gasteiger partial charge in [-0.3, -0.25) is 0 Å². The van der Waals surface area contributed by atoms with Gasteiger partial charge in [0.25, 0.3) is 0 Å². The van der Waals surface area contributed by atoms with Gasteiger partial charge >= 0.3 is 0 Å². The van der Waals surface area contributed by atoms with Crippen LogP contribution >= 0.6 is 0 Å². The van der Waals surface area contributed by atoms with E-state index in [0.29, 0.717) is 17.5 Å². The predicted octanol–water partition coefficient (Wildman–Crippen LogP) is 11.7. The van der Waals surface area contributed by atoms with Gasteiger partial charge in [0, 0.05) is 27.5 Å². The molecule has 0 saturated heterocycles. The molecule has 4 heteroatoms. The number of furan rings is 1. The second-order valence-electron chi connectivity index (χ2n) is 12.7. The second-order valence-corrected chi connectivity index (χ2v) is 12.7. The van der Waals surface area contributed by atoms with Gasteiger partial charge in [-0.25, -0.2) is 15.0 Å². The van der Waals surface area contributed by atoms with Crippen LogP contribution in [0, 0.1) is 0 Å². The first-order valence-electron chi connectivity index (χ1n) is 16.7. The smallest absolute Gasteiger partial charge is 0.164 e.